The van der Waals surface area contributed by atoms with Crippen LogP contribution in [0.4, 0.5) is 10.6 Å². The summed E-state index contributed by atoms with van der Waals surface area (Å²) >= 11 is 0. The summed E-state index contributed by atoms with van der Waals surface area (Å²) < 4.78 is 9.36. The Balaban J connectivity index is 1.38. The van der Waals surface area contributed by atoms with Crippen LogP contribution >= 0.6 is 0 Å². The number of likely N-dealkylation sites (tertiary alicyclic amines) is 1. The quantitative estimate of drug-likeness (QED) is 0.668. The normalized spacial score (nSPS) is 21.6. The monoisotopic (exact) mass is 439 g/mol. The molecule has 170 valence electrons. The molecular weight excluding hydrogens is 410 g/mol. The van der Waals surface area contributed by atoms with Gasteiger partial charge in [0.25, 0.3) is 0 Å². The molecule has 2 atom stereocenters. The minimum atomic E-state index is -0.502. The van der Waals surface area contributed by atoms with Crippen LogP contribution in [0, 0.1) is 6.92 Å². The Morgan fingerprint density at radius 2 is 2.00 bits per heavy atom. The number of hydrogen-bond donors (Lipinski definition) is 1. The first kappa shape index (κ1) is 20.7. The minimum Gasteiger partial charge on any atom is -0.444 e. The largest absolute Gasteiger partial charge is 0.444 e. The van der Waals surface area contributed by atoms with Gasteiger partial charge in [0.1, 0.15) is 5.60 Å². The number of rotatable bonds is 3. The van der Waals surface area contributed by atoms with Gasteiger partial charge >= 0.3 is 6.09 Å². The summed E-state index contributed by atoms with van der Waals surface area (Å²) in [6.45, 7) is 11.3. The van der Waals surface area contributed by atoms with Crippen LogP contribution in [0.25, 0.3) is 16.9 Å². The van der Waals surface area contributed by atoms with E-state index >= 15 is 0 Å². The zero-order valence-corrected chi connectivity index (χ0v) is 19.1. The molecule has 0 saturated carbocycles. The van der Waals surface area contributed by atoms with Gasteiger partial charge in [-0.25, -0.2) is 14.8 Å². The molecule has 0 bridgehead atoms. The van der Waals surface area contributed by atoms with Crippen LogP contribution in [-0.2, 0) is 4.74 Å². The number of fused-ring (bicyclic) bond motifs is 1. The lowest BCUT2D eigenvalue weighted by Crippen LogP contribution is -2.59. The first-order valence-corrected chi connectivity index (χ1v) is 10.9. The van der Waals surface area contributed by atoms with Crippen molar-refractivity contribution in [3.05, 3.63) is 30.5 Å². The predicted octanol–water partition coefficient (Wildman–Crippen LogP) is 2.26. The lowest BCUT2D eigenvalue weighted by molar-refractivity contribution is -0.000384. The molecule has 32 heavy (non-hydrogen) atoms. The van der Waals surface area contributed by atoms with Gasteiger partial charge < -0.3 is 19.6 Å². The van der Waals surface area contributed by atoms with E-state index in [2.05, 4.69) is 15.0 Å². The van der Waals surface area contributed by atoms with Gasteiger partial charge in [0.2, 0.25) is 0 Å². The van der Waals surface area contributed by atoms with Crippen molar-refractivity contribution in [1.82, 2.24) is 29.0 Å². The predicted molar refractivity (Wildman–Crippen MR) is 119 cm³/mol. The smallest absolute Gasteiger partial charge is 0.410 e. The number of ether oxygens (including phenoxy) is 1. The highest BCUT2D eigenvalue weighted by molar-refractivity contribution is 5.73. The molecule has 2 aliphatic rings. The summed E-state index contributed by atoms with van der Waals surface area (Å²) in [7, 11) is 0. The molecule has 5 heterocycles. The zero-order chi connectivity index (χ0) is 22.8. The van der Waals surface area contributed by atoms with Crippen LogP contribution in [0.5, 0.6) is 0 Å². The van der Waals surface area contributed by atoms with Crippen molar-refractivity contribution in [3.8, 4) is 11.3 Å². The number of hydrogen-bond acceptors (Lipinski definition) is 7. The second kappa shape index (κ2) is 7.19. The number of imidazole rings is 1. The first-order chi connectivity index (χ1) is 15.1. The SMILES string of the molecule is Cc1c(-c2cnn(C3CN(C(=O)OC(C)(C)C)C3)c2)nc(N2C[C@@H](O)[C@@H]2C)c2nccn12. The van der Waals surface area contributed by atoms with Gasteiger partial charge in [0.15, 0.2) is 11.5 Å². The van der Waals surface area contributed by atoms with Crippen LogP contribution in [0.15, 0.2) is 24.8 Å². The molecule has 0 unspecified atom stereocenters. The van der Waals surface area contributed by atoms with E-state index in [0.29, 0.717) is 19.6 Å². The van der Waals surface area contributed by atoms with Gasteiger partial charge in [0.05, 0.1) is 30.1 Å². The number of aromatic nitrogens is 5. The van der Waals surface area contributed by atoms with Gasteiger partial charge in [-0.15, -0.1) is 0 Å². The fourth-order valence-corrected chi connectivity index (χ4v) is 4.18. The number of carbonyl (C=O) groups excluding carboxylic acids is 1. The Morgan fingerprint density at radius 1 is 1.25 bits per heavy atom. The van der Waals surface area contributed by atoms with Crippen molar-refractivity contribution in [1.29, 1.82) is 0 Å². The van der Waals surface area contributed by atoms with Crippen molar-refractivity contribution >= 4 is 17.6 Å². The van der Waals surface area contributed by atoms with Gasteiger partial charge in [-0.1, -0.05) is 0 Å². The number of amides is 1. The molecule has 0 radical (unpaired) electrons. The molecule has 0 aliphatic carbocycles. The molecule has 2 fully saturated rings. The van der Waals surface area contributed by atoms with E-state index in [1.165, 1.54) is 0 Å². The third-order valence-corrected chi connectivity index (χ3v) is 6.23. The molecule has 1 N–H and O–H groups in total. The maximum absolute atomic E-state index is 12.2. The molecule has 5 rings (SSSR count). The molecule has 2 saturated heterocycles. The topological polar surface area (TPSA) is 101 Å². The first-order valence-electron chi connectivity index (χ1n) is 10.9. The number of aliphatic hydroxyl groups excluding tert-OH is 1. The second-order valence-corrected chi connectivity index (χ2v) is 9.70. The number of aryl methyl sites for hydroxylation is 1. The molecule has 10 nitrogen and oxygen atoms in total. The number of anilines is 1. The van der Waals surface area contributed by atoms with Gasteiger partial charge in [-0.2, -0.15) is 5.10 Å². The Labute approximate surface area is 186 Å². The highest BCUT2D eigenvalue weighted by Crippen LogP contribution is 2.33. The van der Waals surface area contributed by atoms with Crippen molar-refractivity contribution < 1.29 is 14.6 Å². The van der Waals surface area contributed by atoms with E-state index in [4.69, 9.17) is 9.72 Å². The minimum absolute atomic E-state index is 0.00454. The van der Waals surface area contributed by atoms with Gasteiger partial charge in [0, 0.05) is 49.5 Å². The Hall–Kier alpha value is -3.14. The number of nitrogens with zero attached hydrogens (tertiary/aromatic N) is 7. The van der Waals surface area contributed by atoms with Crippen molar-refractivity contribution in [2.45, 2.75) is 58.4 Å². The van der Waals surface area contributed by atoms with E-state index in [9.17, 15) is 9.90 Å². The molecular formula is C22H29N7O3. The zero-order valence-electron chi connectivity index (χ0n) is 19.1. The third-order valence-electron chi connectivity index (χ3n) is 6.23. The summed E-state index contributed by atoms with van der Waals surface area (Å²) in [6, 6.07) is 0.105. The Bertz CT molecular complexity index is 1170. The van der Waals surface area contributed by atoms with Crippen LogP contribution in [0.3, 0.4) is 0 Å². The summed E-state index contributed by atoms with van der Waals surface area (Å²) in [5.74, 6) is 0.765. The maximum atomic E-state index is 12.2. The average molecular weight is 440 g/mol. The average Bonchev–Trinajstić information content (AvgIpc) is 3.34. The molecule has 10 heteroatoms. The molecule has 1 amide bonds. The van der Waals surface area contributed by atoms with E-state index < -0.39 is 5.60 Å². The lowest BCUT2D eigenvalue weighted by atomic mass is 10.0. The summed E-state index contributed by atoms with van der Waals surface area (Å²) in [6.07, 6.45) is 6.83. The van der Waals surface area contributed by atoms with Crippen LogP contribution in [-0.4, -0.2) is 77.6 Å². The van der Waals surface area contributed by atoms with Gasteiger partial charge in [-0.05, 0) is 34.6 Å². The lowest BCUT2D eigenvalue weighted by Gasteiger charge is -2.44. The molecule has 3 aromatic heterocycles. The van der Waals surface area contributed by atoms with E-state index in [-0.39, 0.29) is 24.3 Å². The molecule has 0 spiro atoms. The van der Waals surface area contributed by atoms with E-state index in [1.54, 1.807) is 11.1 Å². The fourth-order valence-electron chi connectivity index (χ4n) is 4.18. The Kier molecular flexibility index (Phi) is 4.66. The Morgan fingerprint density at radius 3 is 2.66 bits per heavy atom. The van der Waals surface area contributed by atoms with E-state index in [0.717, 1.165) is 28.4 Å². The summed E-state index contributed by atoms with van der Waals surface area (Å²) in [5, 5.41) is 14.5. The highest BCUT2D eigenvalue weighted by atomic mass is 16.6. The molecule has 2 aliphatic heterocycles. The van der Waals surface area contributed by atoms with Crippen molar-refractivity contribution in [3.63, 3.8) is 0 Å². The van der Waals surface area contributed by atoms with Gasteiger partial charge in [-0.3, -0.25) is 9.08 Å². The van der Waals surface area contributed by atoms with Crippen LogP contribution in [0.1, 0.15) is 39.4 Å². The number of aliphatic hydroxyl groups is 1. The van der Waals surface area contributed by atoms with Crippen LogP contribution in [0.2, 0.25) is 0 Å². The standard InChI is InChI=1S/C22H29N7O3/c1-13-17(30)12-28(13)20-19-23-6-7-27(19)14(2)18(25-20)15-8-24-29(9-15)16-10-26(11-16)21(31)32-22(3,4)5/h6-9,13,16-17,30H,10-12H2,1-5H3/t13-,17+/m0/s1. The third kappa shape index (κ3) is 3.38. The highest BCUT2D eigenvalue weighted by Gasteiger charge is 2.37. The maximum Gasteiger partial charge on any atom is 0.410 e. The summed E-state index contributed by atoms with van der Waals surface area (Å²) in [4.78, 5) is 25.4. The molecule has 3 aromatic rings. The van der Waals surface area contributed by atoms with Crippen LogP contribution < -0.4 is 4.90 Å². The fraction of sp³-hybridized carbons (Fsp3) is 0.545. The number of carbonyl (C=O) groups is 1. The summed E-state index contributed by atoms with van der Waals surface area (Å²) in [5.41, 5.74) is 2.98. The van der Waals surface area contributed by atoms with E-state index in [1.807, 2.05) is 62.3 Å². The van der Waals surface area contributed by atoms with Crippen molar-refractivity contribution in [2.75, 3.05) is 24.5 Å². The number of β-amino-alcohol motifs (C(OH)–C–C–N with tert-alkyl or cyclic N) is 1. The van der Waals surface area contributed by atoms with Crippen molar-refractivity contribution in [2.24, 2.45) is 0 Å². The second-order valence-electron chi connectivity index (χ2n) is 9.70. The molecule has 0 aromatic carbocycles.